The van der Waals surface area contributed by atoms with Crippen LogP contribution < -0.4 is 0 Å². The van der Waals surface area contributed by atoms with Crippen LogP contribution in [-0.4, -0.2) is 76.7 Å². The summed E-state index contributed by atoms with van der Waals surface area (Å²) in [5, 5.41) is 4.48. The third kappa shape index (κ3) is 3.21. The summed E-state index contributed by atoms with van der Waals surface area (Å²) in [6.45, 7) is 4.02. The predicted octanol–water partition coefficient (Wildman–Crippen LogP) is 1.79. The highest BCUT2D eigenvalue weighted by atomic mass is 16.5. The second-order valence-electron chi connectivity index (χ2n) is 7.52. The minimum Gasteiger partial charge on any atom is -0.381 e. The molecule has 1 amide bonds. The van der Waals surface area contributed by atoms with Gasteiger partial charge in [-0.2, -0.15) is 5.10 Å². The lowest BCUT2D eigenvalue weighted by Gasteiger charge is -2.39. The van der Waals surface area contributed by atoms with Gasteiger partial charge in [0, 0.05) is 51.2 Å². The number of ether oxygens (including phenoxy) is 1. The fourth-order valence-corrected chi connectivity index (χ4v) is 4.22. The molecular weight excluding hydrogens is 330 g/mol. The van der Waals surface area contributed by atoms with E-state index >= 15 is 0 Å². The molecule has 0 unspecified atom stereocenters. The second-order valence-corrected chi connectivity index (χ2v) is 7.52. The maximum absolute atomic E-state index is 12.3. The highest BCUT2D eigenvalue weighted by molar-refractivity contribution is 5.99. The lowest BCUT2D eigenvalue weighted by molar-refractivity contribution is 0.0249. The molecule has 2 aromatic rings. The molecular formula is C19H27N5O2. The number of carbonyl (C=O) groups excluding carboxylic acids is 1. The van der Waals surface area contributed by atoms with Crippen molar-refractivity contribution in [2.24, 2.45) is 0 Å². The average Bonchev–Trinajstić information content (AvgIpc) is 3.12. The summed E-state index contributed by atoms with van der Waals surface area (Å²) in [6, 6.07) is 2.73. The third-order valence-electron chi connectivity index (χ3n) is 5.72. The van der Waals surface area contributed by atoms with Gasteiger partial charge in [0.2, 0.25) is 0 Å². The highest BCUT2D eigenvalue weighted by Gasteiger charge is 2.29. The van der Waals surface area contributed by atoms with Gasteiger partial charge < -0.3 is 14.5 Å². The fourth-order valence-electron chi connectivity index (χ4n) is 4.22. The van der Waals surface area contributed by atoms with Crippen LogP contribution in [0.5, 0.6) is 0 Å². The monoisotopic (exact) mass is 357 g/mol. The van der Waals surface area contributed by atoms with Gasteiger partial charge in [0.1, 0.15) is 5.56 Å². The van der Waals surface area contributed by atoms with Crippen LogP contribution in [0, 0.1) is 0 Å². The van der Waals surface area contributed by atoms with Crippen molar-refractivity contribution >= 4 is 11.6 Å². The Balaban J connectivity index is 1.52. The molecule has 0 saturated carbocycles. The molecule has 140 valence electrons. The van der Waals surface area contributed by atoms with Crippen LogP contribution in [0.3, 0.4) is 0 Å². The van der Waals surface area contributed by atoms with E-state index in [-0.39, 0.29) is 5.91 Å². The predicted molar refractivity (Wildman–Crippen MR) is 98.4 cm³/mol. The lowest BCUT2D eigenvalue weighted by Crippen LogP contribution is -2.43. The zero-order valence-corrected chi connectivity index (χ0v) is 15.6. The van der Waals surface area contributed by atoms with Gasteiger partial charge in [-0.15, -0.1) is 0 Å². The van der Waals surface area contributed by atoms with Crippen molar-refractivity contribution < 1.29 is 9.53 Å². The van der Waals surface area contributed by atoms with Crippen molar-refractivity contribution in [3.8, 4) is 0 Å². The number of hydrogen-bond acceptors (Lipinski definition) is 5. The van der Waals surface area contributed by atoms with Crippen molar-refractivity contribution in [1.82, 2.24) is 24.4 Å². The highest BCUT2D eigenvalue weighted by Crippen LogP contribution is 2.30. The number of nitrogens with zero attached hydrogens (tertiary/aromatic N) is 5. The van der Waals surface area contributed by atoms with Crippen LogP contribution >= 0.6 is 0 Å². The first-order valence-corrected chi connectivity index (χ1v) is 9.51. The molecule has 0 spiro atoms. The van der Waals surface area contributed by atoms with E-state index < -0.39 is 0 Å². The molecule has 2 aliphatic heterocycles. The summed E-state index contributed by atoms with van der Waals surface area (Å²) >= 11 is 0. The van der Waals surface area contributed by atoms with Gasteiger partial charge in [-0.3, -0.25) is 4.79 Å². The van der Waals surface area contributed by atoms with Gasteiger partial charge >= 0.3 is 0 Å². The van der Waals surface area contributed by atoms with Gasteiger partial charge in [-0.05, 0) is 44.8 Å². The minimum atomic E-state index is -0.0565. The standard InChI is InChI=1S/C19H27N5O2/c1-22(2)19(25)16-13-21-24-17(3-8-20-18(16)24)14-4-9-23(10-5-14)15-6-11-26-12-7-15/h3,8,13-15H,4-7,9-12H2,1-2H3. The number of carbonyl (C=O) groups is 1. The number of rotatable bonds is 3. The Labute approximate surface area is 153 Å². The molecule has 2 saturated heterocycles. The number of aromatic nitrogens is 3. The molecule has 2 aromatic heterocycles. The lowest BCUT2D eigenvalue weighted by atomic mass is 9.91. The maximum Gasteiger partial charge on any atom is 0.258 e. The normalized spacial score (nSPS) is 20.5. The van der Waals surface area contributed by atoms with Crippen molar-refractivity contribution in [1.29, 1.82) is 0 Å². The molecule has 2 aliphatic rings. The number of fused-ring (bicyclic) bond motifs is 1. The van der Waals surface area contributed by atoms with E-state index in [1.165, 1.54) is 5.69 Å². The molecule has 0 radical (unpaired) electrons. The SMILES string of the molecule is CN(C)C(=O)c1cnn2c(C3CCN(C4CCOCC4)CC3)ccnc12. The molecule has 7 nitrogen and oxygen atoms in total. The van der Waals surface area contributed by atoms with Crippen LogP contribution in [0.1, 0.15) is 47.7 Å². The molecule has 4 rings (SSSR count). The van der Waals surface area contributed by atoms with Crippen molar-refractivity contribution in [2.75, 3.05) is 40.4 Å². The van der Waals surface area contributed by atoms with E-state index in [9.17, 15) is 4.79 Å². The quantitative estimate of drug-likeness (QED) is 0.838. The van der Waals surface area contributed by atoms with Crippen LogP contribution in [0.15, 0.2) is 18.5 Å². The number of amides is 1. The Morgan fingerprint density at radius 3 is 2.62 bits per heavy atom. The zero-order chi connectivity index (χ0) is 18.1. The molecule has 0 aliphatic carbocycles. The molecule has 7 heteroatoms. The number of hydrogen-bond donors (Lipinski definition) is 0. The summed E-state index contributed by atoms with van der Waals surface area (Å²) in [7, 11) is 3.50. The molecule has 0 bridgehead atoms. The van der Waals surface area contributed by atoms with Crippen molar-refractivity contribution in [3.05, 3.63) is 29.7 Å². The average molecular weight is 357 g/mol. The van der Waals surface area contributed by atoms with E-state index in [2.05, 4.69) is 21.0 Å². The van der Waals surface area contributed by atoms with Gasteiger partial charge in [0.25, 0.3) is 5.91 Å². The smallest absolute Gasteiger partial charge is 0.258 e. The van der Waals surface area contributed by atoms with Gasteiger partial charge in [-0.1, -0.05) is 0 Å². The Morgan fingerprint density at radius 1 is 1.19 bits per heavy atom. The number of likely N-dealkylation sites (tertiary alicyclic amines) is 1. The molecule has 26 heavy (non-hydrogen) atoms. The van der Waals surface area contributed by atoms with E-state index in [0.717, 1.165) is 52.0 Å². The molecule has 2 fully saturated rings. The minimum absolute atomic E-state index is 0.0565. The molecule has 0 N–H and O–H groups in total. The van der Waals surface area contributed by atoms with E-state index in [1.807, 2.05) is 10.7 Å². The zero-order valence-electron chi connectivity index (χ0n) is 15.6. The summed E-state index contributed by atoms with van der Waals surface area (Å²) < 4.78 is 7.36. The first-order valence-electron chi connectivity index (χ1n) is 9.51. The molecule has 4 heterocycles. The second kappa shape index (κ2) is 7.32. The van der Waals surface area contributed by atoms with Crippen LogP contribution in [0.25, 0.3) is 5.65 Å². The van der Waals surface area contributed by atoms with Crippen LogP contribution in [0.4, 0.5) is 0 Å². The summed E-state index contributed by atoms with van der Waals surface area (Å²) in [5.74, 6) is 0.401. The van der Waals surface area contributed by atoms with Crippen molar-refractivity contribution in [2.45, 2.75) is 37.6 Å². The van der Waals surface area contributed by atoms with E-state index in [4.69, 9.17) is 4.74 Å². The topological polar surface area (TPSA) is 63.0 Å². The number of piperidine rings is 1. The van der Waals surface area contributed by atoms with E-state index in [1.54, 1.807) is 25.2 Å². The summed E-state index contributed by atoms with van der Waals surface area (Å²) in [5.41, 5.74) is 2.39. The van der Waals surface area contributed by atoms with Crippen LogP contribution in [-0.2, 0) is 4.74 Å². The summed E-state index contributed by atoms with van der Waals surface area (Å²) in [6.07, 6.45) is 7.99. The first-order chi connectivity index (χ1) is 12.6. The molecule has 0 atom stereocenters. The largest absolute Gasteiger partial charge is 0.381 e. The Bertz CT molecular complexity index is 773. The van der Waals surface area contributed by atoms with Gasteiger partial charge in [0.15, 0.2) is 5.65 Å². The Morgan fingerprint density at radius 2 is 1.92 bits per heavy atom. The van der Waals surface area contributed by atoms with Crippen LogP contribution in [0.2, 0.25) is 0 Å². The fraction of sp³-hybridized carbons (Fsp3) is 0.632. The van der Waals surface area contributed by atoms with Gasteiger partial charge in [-0.25, -0.2) is 9.50 Å². The van der Waals surface area contributed by atoms with Gasteiger partial charge in [0.05, 0.1) is 6.20 Å². The van der Waals surface area contributed by atoms with E-state index in [0.29, 0.717) is 23.2 Å². The molecule has 0 aromatic carbocycles. The summed E-state index contributed by atoms with van der Waals surface area (Å²) in [4.78, 5) is 21.0. The third-order valence-corrected chi connectivity index (χ3v) is 5.72. The van der Waals surface area contributed by atoms with Crippen molar-refractivity contribution in [3.63, 3.8) is 0 Å². The Kier molecular flexibility index (Phi) is 4.91. The first kappa shape index (κ1) is 17.4. The maximum atomic E-state index is 12.3. The Hall–Kier alpha value is -1.99.